The van der Waals surface area contributed by atoms with E-state index in [-0.39, 0.29) is 12.0 Å². The maximum atomic E-state index is 11.8. The summed E-state index contributed by atoms with van der Waals surface area (Å²) in [6.07, 6.45) is 0.675. The molecule has 1 saturated heterocycles. The average molecular weight is 279 g/mol. The van der Waals surface area contributed by atoms with Crippen LogP contribution in [0.15, 0.2) is 11.4 Å². The number of carbonyl (C=O) groups is 1. The number of nitrogens with one attached hydrogen (secondary N) is 1. The third-order valence-electron chi connectivity index (χ3n) is 3.02. The highest BCUT2D eigenvalue weighted by atomic mass is 32.1. The van der Waals surface area contributed by atoms with Gasteiger partial charge < -0.3 is 10.1 Å². The van der Waals surface area contributed by atoms with E-state index in [2.05, 4.69) is 16.3 Å². The fourth-order valence-corrected chi connectivity index (χ4v) is 2.79. The van der Waals surface area contributed by atoms with Crippen LogP contribution in [0.1, 0.15) is 18.9 Å². The van der Waals surface area contributed by atoms with Gasteiger partial charge in [0.05, 0.1) is 18.3 Å². The Kier molecular flexibility index (Phi) is 4.91. The number of thiophene rings is 1. The highest BCUT2D eigenvalue weighted by Gasteiger charge is 2.17. The zero-order valence-corrected chi connectivity index (χ0v) is 11.7. The van der Waals surface area contributed by atoms with Gasteiger partial charge in [-0.1, -0.05) is 0 Å². The summed E-state index contributed by atoms with van der Waals surface area (Å²) in [6.45, 7) is 5.24. The van der Waals surface area contributed by atoms with Gasteiger partial charge in [0.25, 0.3) is 0 Å². The number of carbonyl (C=O) groups excluding carboxylic acids is 1. The Labute approximate surface area is 116 Å². The van der Waals surface area contributed by atoms with Crippen LogP contribution in [-0.2, 0) is 9.53 Å². The molecule has 1 atom stereocenters. The minimum absolute atomic E-state index is 0.0434. The fraction of sp³-hybridized carbons (Fsp3) is 0.538. The fourth-order valence-electron chi connectivity index (χ4n) is 2.04. The summed E-state index contributed by atoms with van der Waals surface area (Å²) in [5.74, 6) is -0.0434. The first-order valence-corrected chi connectivity index (χ1v) is 7.18. The molecule has 0 radical (unpaired) electrons. The molecule has 1 unspecified atom stereocenters. The maximum Gasteiger partial charge on any atom is 0.226 e. The van der Waals surface area contributed by atoms with E-state index in [1.165, 1.54) is 11.3 Å². The molecule has 1 amide bonds. The topological polar surface area (TPSA) is 65.4 Å². The number of rotatable bonds is 4. The van der Waals surface area contributed by atoms with Crippen LogP contribution in [0.5, 0.6) is 0 Å². The monoisotopic (exact) mass is 279 g/mol. The lowest BCUT2D eigenvalue weighted by Crippen LogP contribution is -2.42. The lowest BCUT2D eigenvalue weighted by molar-refractivity contribution is -0.117. The maximum absolute atomic E-state index is 11.8. The number of amides is 1. The van der Waals surface area contributed by atoms with Crippen LogP contribution in [0.25, 0.3) is 0 Å². The Hall–Kier alpha value is -1.42. The molecule has 1 aromatic rings. The van der Waals surface area contributed by atoms with E-state index in [0.29, 0.717) is 17.0 Å². The van der Waals surface area contributed by atoms with E-state index in [1.807, 2.05) is 6.92 Å². The molecular formula is C13H17N3O2S. The molecule has 0 spiro atoms. The molecular weight excluding hydrogens is 262 g/mol. The Balaban J connectivity index is 1.77. The zero-order valence-electron chi connectivity index (χ0n) is 10.9. The second kappa shape index (κ2) is 6.66. The van der Waals surface area contributed by atoms with E-state index in [4.69, 9.17) is 10.00 Å². The lowest BCUT2D eigenvalue weighted by Gasteiger charge is -2.30. The Morgan fingerprint density at radius 1 is 1.74 bits per heavy atom. The molecule has 5 nitrogen and oxygen atoms in total. The van der Waals surface area contributed by atoms with Crippen LogP contribution in [0, 0.1) is 11.3 Å². The number of morpholine rings is 1. The number of ether oxygens (including phenoxy) is 1. The van der Waals surface area contributed by atoms with E-state index < -0.39 is 0 Å². The highest BCUT2D eigenvalue weighted by Crippen LogP contribution is 2.22. The van der Waals surface area contributed by atoms with Crippen molar-refractivity contribution in [2.45, 2.75) is 19.4 Å². The highest BCUT2D eigenvalue weighted by molar-refractivity contribution is 7.14. The molecule has 1 aliphatic heterocycles. The van der Waals surface area contributed by atoms with Gasteiger partial charge in [-0.15, -0.1) is 11.3 Å². The van der Waals surface area contributed by atoms with Crippen molar-refractivity contribution in [3.05, 3.63) is 17.0 Å². The Bertz CT molecular complexity index is 480. The lowest BCUT2D eigenvalue weighted by atomic mass is 10.2. The molecule has 102 valence electrons. The molecule has 2 heterocycles. The van der Waals surface area contributed by atoms with Crippen molar-refractivity contribution < 1.29 is 9.53 Å². The van der Waals surface area contributed by atoms with Gasteiger partial charge in [0, 0.05) is 26.1 Å². The summed E-state index contributed by atoms with van der Waals surface area (Å²) in [4.78, 5) is 14.1. The summed E-state index contributed by atoms with van der Waals surface area (Å²) in [6, 6.07) is 3.77. The van der Waals surface area contributed by atoms with Crippen molar-refractivity contribution in [2.75, 3.05) is 31.6 Å². The van der Waals surface area contributed by atoms with Gasteiger partial charge in [0.2, 0.25) is 5.91 Å². The van der Waals surface area contributed by atoms with Crippen LogP contribution >= 0.6 is 11.3 Å². The third kappa shape index (κ3) is 4.03. The van der Waals surface area contributed by atoms with Gasteiger partial charge in [0.15, 0.2) is 0 Å². The molecule has 19 heavy (non-hydrogen) atoms. The Morgan fingerprint density at radius 3 is 3.32 bits per heavy atom. The Morgan fingerprint density at radius 2 is 2.58 bits per heavy atom. The SMILES string of the molecule is CC1CN(CCC(=O)Nc2sccc2C#N)CCO1. The summed E-state index contributed by atoms with van der Waals surface area (Å²) in [5, 5.41) is 14.1. The van der Waals surface area contributed by atoms with E-state index in [0.717, 1.165) is 26.2 Å². The minimum Gasteiger partial charge on any atom is -0.376 e. The summed E-state index contributed by atoms with van der Waals surface area (Å²) >= 11 is 1.38. The largest absolute Gasteiger partial charge is 0.376 e. The van der Waals surface area contributed by atoms with Crippen LogP contribution < -0.4 is 5.32 Å². The van der Waals surface area contributed by atoms with Gasteiger partial charge >= 0.3 is 0 Å². The number of hydrogen-bond acceptors (Lipinski definition) is 5. The van der Waals surface area contributed by atoms with E-state index >= 15 is 0 Å². The molecule has 1 aliphatic rings. The van der Waals surface area contributed by atoms with Crippen LogP contribution in [-0.4, -0.2) is 43.2 Å². The first kappa shape index (κ1) is 14.0. The van der Waals surface area contributed by atoms with Crippen molar-refractivity contribution in [1.29, 1.82) is 5.26 Å². The van der Waals surface area contributed by atoms with E-state index in [1.54, 1.807) is 11.4 Å². The predicted octanol–water partition coefficient (Wildman–Crippen LogP) is 1.67. The molecule has 1 N–H and O–H groups in total. The second-order valence-corrected chi connectivity index (χ2v) is 5.47. The number of hydrogen-bond donors (Lipinski definition) is 1. The smallest absolute Gasteiger partial charge is 0.226 e. The normalized spacial score (nSPS) is 19.9. The first-order chi connectivity index (χ1) is 9.19. The van der Waals surface area contributed by atoms with Gasteiger partial charge in [-0.3, -0.25) is 9.69 Å². The standard InChI is InChI=1S/C13H17N3O2S/c1-10-9-16(5-6-18-10)4-2-12(17)15-13-11(8-14)3-7-19-13/h3,7,10H,2,4-6,9H2,1H3,(H,15,17). The van der Waals surface area contributed by atoms with Crippen molar-refractivity contribution in [2.24, 2.45) is 0 Å². The van der Waals surface area contributed by atoms with Crippen molar-refractivity contribution in [3.63, 3.8) is 0 Å². The van der Waals surface area contributed by atoms with Crippen molar-refractivity contribution >= 4 is 22.2 Å². The molecule has 1 aromatic heterocycles. The number of nitriles is 1. The quantitative estimate of drug-likeness (QED) is 0.910. The number of anilines is 1. The molecule has 0 saturated carbocycles. The molecule has 0 bridgehead atoms. The summed E-state index contributed by atoms with van der Waals surface area (Å²) in [7, 11) is 0. The number of nitrogens with zero attached hydrogens (tertiary/aromatic N) is 2. The zero-order chi connectivity index (χ0) is 13.7. The van der Waals surface area contributed by atoms with Crippen molar-refractivity contribution in [1.82, 2.24) is 4.90 Å². The van der Waals surface area contributed by atoms with Gasteiger partial charge in [-0.2, -0.15) is 5.26 Å². The summed E-state index contributed by atoms with van der Waals surface area (Å²) in [5.41, 5.74) is 0.526. The van der Waals surface area contributed by atoms with E-state index in [9.17, 15) is 4.79 Å². The molecule has 6 heteroatoms. The van der Waals surface area contributed by atoms with Crippen LogP contribution in [0.4, 0.5) is 5.00 Å². The average Bonchev–Trinajstić information content (AvgIpc) is 2.84. The minimum atomic E-state index is -0.0434. The molecule has 0 aliphatic carbocycles. The van der Waals surface area contributed by atoms with Gasteiger partial charge in [-0.25, -0.2) is 0 Å². The van der Waals surface area contributed by atoms with Crippen LogP contribution in [0.3, 0.4) is 0 Å². The predicted molar refractivity (Wildman–Crippen MR) is 74.1 cm³/mol. The molecule has 1 fully saturated rings. The molecule has 2 rings (SSSR count). The molecule has 0 aromatic carbocycles. The van der Waals surface area contributed by atoms with Gasteiger partial charge in [0.1, 0.15) is 11.1 Å². The second-order valence-electron chi connectivity index (χ2n) is 4.56. The van der Waals surface area contributed by atoms with Crippen molar-refractivity contribution in [3.8, 4) is 6.07 Å². The summed E-state index contributed by atoms with van der Waals surface area (Å²) < 4.78 is 5.45. The third-order valence-corrected chi connectivity index (χ3v) is 3.85. The van der Waals surface area contributed by atoms with Crippen LogP contribution in [0.2, 0.25) is 0 Å². The van der Waals surface area contributed by atoms with Gasteiger partial charge in [-0.05, 0) is 18.4 Å². The first-order valence-electron chi connectivity index (χ1n) is 6.30.